The van der Waals surface area contributed by atoms with E-state index in [2.05, 4.69) is 9.88 Å². The summed E-state index contributed by atoms with van der Waals surface area (Å²) >= 11 is 1.48. The molecule has 1 aromatic rings. The van der Waals surface area contributed by atoms with Crippen LogP contribution in [0, 0.1) is 6.92 Å². The maximum atomic E-state index is 12.1. The molecule has 0 radical (unpaired) electrons. The molecule has 1 aromatic heterocycles. The van der Waals surface area contributed by atoms with Gasteiger partial charge in [0.1, 0.15) is 9.88 Å². The fourth-order valence-electron chi connectivity index (χ4n) is 2.64. The molecule has 2 amide bonds. The number of thiazole rings is 1. The van der Waals surface area contributed by atoms with Gasteiger partial charge in [0, 0.05) is 46.7 Å². The summed E-state index contributed by atoms with van der Waals surface area (Å²) in [6, 6.07) is 0. The monoisotopic (exact) mass is 338 g/mol. The second kappa shape index (κ2) is 7.88. The Labute approximate surface area is 142 Å². The molecule has 0 saturated carbocycles. The average Bonchev–Trinajstić information content (AvgIpc) is 2.87. The molecular formula is C16H26N4O2S. The largest absolute Gasteiger partial charge is 0.344 e. The number of rotatable bonds is 5. The summed E-state index contributed by atoms with van der Waals surface area (Å²) < 4.78 is 0. The van der Waals surface area contributed by atoms with Crippen molar-refractivity contribution in [3.05, 3.63) is 15.6 Å². The zero-order valence-corrected chi connectivity index (χ0v) is 15.3. The summed E-state index contributed by atoms with van der Waals surface area (Å²) in [5, 5.41) is 0.973. The molecule has 128 valence electrons. The van der Waals surface area contributed by atoms with Crippen molar-refractivity contribution >= 4 is 23.2 Å². The molecule has 6 nitrogen and oxygen atoms in total. The van der Waals surface area contributed by atoms with Crippen LogP contribution < -0.4 is 0 Å². The van der Waals surface area contributed by atoms with E-state index in [9.17, 15) is 9.59 Å². The molecule has 1 aliphatic heterocycles. The Balaban J connectivity index is 1.91. The van der Waals surface area contributed by atoms with Crippen LogP contribution in [-0.4, -0.2) is 71.8 Å². The van der Waals surface area contributed by atoms with Crippen LogP contribution in [0.2, 0.25) is 0 Å². The second-order valence-corrected chi connectivity index (χ2v) is 7.21. The van der Waals surface area contributed by atoms with Crippen molar-refractivity contribution in [3.8, 4) is 0 Å². The SMILES string of the molecule is CCCC(=O)N1CCN(Cc2nc(C)c(C(=O)N(C)C)s2)CC1. The lowest BCUT2D eigenvalue weighted by Crippen LogP contribution is -2.48. The van der Waals surface area contributed by atoms with Crippen LogP contribution in [0.5, 0.6) is 0 Å². The van der Waals surface area contributed by atoms with Gasteiger partial charge in [-0.3, -0.25) is 14.5 Å². The molecule has 0 aliphatic carbocycles. The zero-order valence-electron chi connectivity index (χ0n) is 14.5. The van der Waals surface area contributed by atoms with E-state index in [1.165, 1.54) is 11.3 Å². The number of nitrogens with zero attached hydrogens (tertiary/aromatic N) is 4. The summed E-state index contributed by atoms with van der Waals surface area (Å²) in [4.78, 5) is 35.1. The lowest BCUT2D eigenvalue weighted by Gasteiger charge is -2.34. The molecule has 1 fully saturated rings. The second-order valence-electron chi connectivity index (χ2n) is 6.13. The van der Waals surface area contributed by atoms with Gasteiger partial charge in [0.25, 0.3) is 5.91 Å². The number of piperazine rings is 1. The van der Waals surface area contributed by atoms with Gasteiger partial charge in [-0.05, 0) is 13.3 Å². The summed E-state index contributed by atoms with van der Waals surface area (Å²) in [6.07, 6.45) is 1.54. The highest BCUT2D eigenvalue weighted by molar-refractivity contribution is 7.13. The molecule has 1 saturated heterocycles. The molecule has 0 bridgehead atoms. The smallest absolute Gasteiger partial charge is 0.265 e. The predicted octanol–water partition coefficient (Wildman–Crippen LogP) is 1.60. The summed E-state index contributed by atoms with van der Waals surface area (Å²) in [5.74, 6) is 0.275. The average molecular weight is 338 g/mol. The van der Waals surface area contributed by atoms with Crippen LogP contribution in [0.25, 0.3) is 0 Å². The first-order valence-electron chi connectivity index (χ1n) is 8.10. The molecule has 23 heavy (non-hydrogen) atoms. The minimum absolute atomic E-state index is 0.0150. The summed E-state index contributed by atoms with van der Waals surface area (Å²) in [5.41, 5.74) is 0.806. The molecule has 0 atom stereocenters. The van der Waals surface area contributed by atoms with E-state index in [4.69, 9.17) is 0 Å². The number of hydrogen-bond acceptors (Lipinski definition) is 5. The topological polar surface area (TPSA) is 56.8 Å². The fraction of sp³-hybridized carbons (Fsp3) is 0.688. The Bertz CT molecular complexity index is 562. The van der Waals surface area contributed by atoms with Crippen LogP contribution >= 0.6 is 11.3 Å². The van der Waals surface area contributed by atoms with Gasteiger partial charge < -0.3 is 9.80 Å². The standard InChI is InChI=1S/C16H26N4O2S/c1-5-6-14(21)20-9-7-19(8-10-20)11-13-17-12(2)15(23-13)16(22)18(3)4/h5-11H2,1-4H3. The van der Waals surface area contributed by atoms with E-state index in [0.29, 0.717) is 6.42 Å². The van der Waals surface area contributed by atoms with Crippen LogP contribution in [0.1, 0.15) is 40.1 Å². The van der Waals surface area contributed by atoms with Crippen molar-refractivity contribution in [1.29, 1.82) is 0 Å². The van der Waals surface area contributed by atoms with Crippen molar-refractivity contribution in [2.24, 2.45) is 0 Å². The van der Waals surface area contributed by atoms with E-state index in [1.807, 2.05) is 18.7 Å². The molecule has 0 spiro atoms. The van der Waals surface area contributed by atoms with Gasteiger partial charge in [0.05, 0.1) is 12.2 Å². The lowest BCUT2D eigenvalue weighted by atomic mass is 10.2. The van der Waals surface area contributed by atoms with Gasteiger partial charge in [-0.1, -0.05) is 6.92 Å². The zero-order chi connectivity index (χ0) is 17.0. The number of aromatic nitrogens is 1. The highest BCUT2D eigenvalue weighted by atomic mass is 32.1. The predicted molar refractivity (Wildman–Crippen MR) is 91.6 cm³/mol. The molecule has 2 rings (SSSR count). The van der Waals surface area contributed by atoms with Gasteiger partial charge >= 0.3 is 0 Å². The quantitative estimate of drug-likeness (QED) is 0.818. The van der Waals surface area contributed by atoms with E-state index >= 15 is 0 Å². The van der Waals surface area contributed by atoms with E-state index in [-0.39, 0.29) is 11.8 Å². The lowest BCUT2D eigenvalue weighted by molar-refractivity contribution is -0.133. The molecule has 2 heterocycles. The highest BCUT2D eigenvalue weighted by Crippen LogP contribution is 2.21. The van der Waals surface area contributed by atoms with Gasteiger partial charge in [0.15, 0.2) is 0 Å². The van der Waals surface area contributed by atoms with Gasteiger partial charge in [-0.2, -0.15) is 0 Å². The molecule has 0 unspecified atom stereocenters. The van der Waals surface area contributed by atoms with E-state index < -0.39 is 0 Å². The number of hydrogen-bond donors (Lipinski definition) is 0. The Kier molecular flexibility index (Phi) is 6.12. The van der Waals surface area contributed by atoms with Crippen molar-refractivity contribution in [2.75, 3.05) is 40.3 Å². The Morgan fingerprint density at radius 1 is 1.22 bits per heavy atom. The van der Waals surface area contributed by atoms with Gasteiger partial charge in [-0.15, -0.1) is 11.3 Å². The Morgan fingerprint density at radius 3 is 2.43 bits per heavy atom. The fourth-order valence-corrected chi connectivity index (χ4v) is 3.77. The maximum absolute atomic E-state index is 12.1. The van der Waals surface area contributed by atoms with Crippen LogP contribution in [-0.2, 0) is 11.3 Å². The highest BCUT2D eigenvalue weighted by Gasteiger charge is 2.22. The van der Waals surface area contributed by atoms with E-state index in [0.717, 1.165) is 54.7 Å². The third-order valence-corrected chi connectivity index (χ3v) is 5.12. The number of carbonyl (C=O) groups excluding carboxylic acids is 2. The van der Waals surface area contributed by atoms with Crippen LogP contribution in [0.15, 0.2) is 0 Å². The minimum atomic E-state index is 0.0150. The Hall–Kier alpha value is -1.47. The third kappa shape index (κ3) is 4.51. The van der Waals surface area contributed by atoms with Crippen LogP contribution in [0.3, 0.4) is 0 Å². The maximum Gasteiger partial charge on any atom is 0.265 e. The summed E-state index contributed by atoms with van der Waals surface area (Å²) in [7, 11) is 3.52. The van der Waals surface area contributed by atoms with Crippen molar-refractivity contribution in [3.63, 3.8) is 0 Å². The molecule has 0 aromatic carbocycles. The van der Waals surface area contributed by atoms with Gasteiger partial charge in [-0.25, -0.2) is 4.98 Å². The Morgan fingerprint density at radius 2 is 1.87 bits per heavy atom. The number of aryl methyl sites for hydroxylation is 1. The first-order valence-corrected chi connectivity index (χ1v) is 8.92. The van der Waals surface area contributed by atoms with Crippen LogP contribution in [0.4, 0.5) is 0 Å². The van der Waals surface area contributed by atoms with Crippen molar-refractivity contribution in [2.45, 2.75) is 33.2 Å². The first-order chi connectivity index (χ1) is 10.9. The van der Waals surface area contributed by atoms with Crippen molar-refractivity contribution < 1.29 is 9.59 Å². The summed E-state index contributed by atoms with van der Waals surface area (Å²) in [6.45, 7) is 7.97. The molecule has 0 N–H and O–H groups in total. The van der Waals surface area contributed by atoms with E-state index in [1.54, 1.807) is 19.0 Å². The number of amides is 2. The van der Waals surface area contributed by atoms with Gasteiger partial charge in [0.2, 0.25) is 5.91 Å². The number of carbonyl (C=O) groups is 2. The molecular weight excluding hydrogens is 312 g/mol. The minimum Gasteiger partial charge on any atom is -0.344 e. The molecule has 7 heteroatoms. The first kappa shape index (κ1) is 17.9. The molecule has 1 aliphatic rings. The van der Waals surface area contributed by atoms with Crippen molar-refractivity contribution in [1.82, 2.24) is 19.7 Å². The third-order valence-electron chi connectivity index (χ3n) is 3.99. The normalized spacial score (nSPS) is 15.7.